The number of fused-ring (bicyclic) bond motifs is 1. The Bertz CT molecular complexity index is 640. The molecule has 0 aliphatic carbocycles. The zero-order valence-electron chi connectivity index (χ0n) is 14.7. The molecule has 0 spiro atoms. The molecule has 1 amide bonds. The Labute approximate surface area is 148 Å². The maximum atomic E-state index is 12.9. The molecular formula is C19H25NO5. The Kier molecular flexibility index (Phi) is 7.01. The number of benzene rings is 1. The minimum atomic E-state index is -0.915. The van der Waals surface area contributed by atoms with Gasteiger partial charge in [-0.25, -0.2) is 0 Å². The summed E-state index contributed by atoms with van der Waals surface area (Å²) >= 11 is 0. The van der Waals surface area contributed by atoms with Gasteiger partial charge in [-0.05, 0) is 25.5 Å². The Morgan fingerprint density at radius 1 is 1.36 bits per heavy atom. The molecule has 1 atom stereocenters. The molecule has 1 aliphatic rings. The molecule has 1 heterocycles. The molecule has 1 N–H and O–H groups in total. The number of hydrogen-bond acceptors (Lipinski definition) is 4. The highest BCUT2D eigenvalue weighted by atomic mass is 16.5. The average molecular weight is 347 g/mol. The molecule has 25 heavy (non-hydrogen) atoms. The van der Waals surface area contributed by atoms with Crippen molar-refractivity contribution in [2.24, 2.45) is 5.92 Å². The standard InChI is InChI=1S/C19H25NO5/c1-3-24-10-6-9-20(12-14(2)19(22)23)18(21)16-11-15-7-4-5-8-17(15)25-13-16/h4-5,7-8,11,14H,3,6,9-10,12-13H2,1-2H3,(H,22,23). The second-order valence-corrected chi connectivity index (χ2v) is 6.04. The number of para-hydroxylation sites is 1. The zero-order valence-corrected chi connectivity index (χ0v) is 14.7. The number of amides is 1. The lowest BCUT2D eigenvalue weighted by molar-refractivity contribution is -0.142. The van der Waals surface area contributed by atoms with Crippen LogP contribution in [-0.2, 0) is 14.3 Å². The number of carbonyl (C=O) groups is 2. The van der Waals surface area contributed by atoms with Crippen LogP contribution in [0.2, 0.25) is 0 Å². The van der Waals surface area contributed by atoms with Crippen molar-refractivity contribution in [2.45, 2.75) is 20.3 Å². The summed E-state index contributed by atoms with van der Waals surface area (Å²) < 4.78 is 11.0. The van der Waals surface area contributed by atoms with Crippen LogP contribution in [0.25, 0.3) is 6.08 Å². The van der Waals surface area contributed by atoms with Crippen molar-refractivity contribution in [3.05, 3.63) is 35.4 Å². The first-order chi connectivity index (χ1) is 12.0. The monoisotopic (exact) mass is 347 g/mol. The van der Waals surface area contributed by atoms with E-state index in [9.17, 15) is 9.59 Å². The fourth-order valence-electron chi connectivity index (χ4n) is 2.63. The van der Waals surface area contributed by atoms with Gasteiger partial charge in [0.2, 0.25) is 0 Å². The van der Waals surface area contributed by atoms with E-state index >= 15 is 0 Å². The van der Waals surface area contributed by atoms with E-state index in [1.54, 1.807) is 11.8 Å². The predicted molar refractivity (Wildman–Crippen MR) is 94.4 cm³/mol. The van der Waals surface area contributed by atoms with Crippen LogP contribution < -0.4 is 4.74 Å². The van der Waals surface area contributed by atoms with E-state index in [4.69, 9.17) is 14.6 Å². The Balaban J connectivity index is 2.11. The summed E-state index contributed by atoms with van der Waals surface area (Å²) in [6.07, 6.45) is 2.48. The van der Waals surface area contributed by atoms with Crippen LogP contribution >= 0.6 is 0 Å². The second-order valence-electron chi connectivity index (χ2n) is 6.04. The number of carboxylic acid groups (broad SMARTS) is 1. The molecule has 0 saturated heterocycles. The van der Waals surface area contributed by atoms with Crippen molar-refractivity contribution in [3.8, 4) is 5.75 Å². The fraction of sp³-hybridized carbons (Fsp3) is 0.474. The van der Waals surface area contributed by atoms with Gasteiger partial charge >= 0.3 is 5.97 Å². The van der Waals surface area contributed by atoms with E-state index in [0.29, 0.717) is 31.8 Å². The first kappa shape index (κ1) is 19.0. The lowest BCUT2D eigenvalue weighted by Gasteiger charge is -2.27. The Morgan fingerprint density at radius 3 is 2.84 bits per heavy atom. The molecule has 6 heteroatoms. The number of hydrogen-bond donors (Lipinski definition) is 1. The molecule has 0 saturated carbocycles. The lowest BCUT2D eigenvalue weighted by atomic mass is 10.1. The van der Waals surface area contributed by atoms with Gasteiger partial charge in [0, 0.05) is 31.9 Å². The van der Waals surface area contributed by atoms with Gasteiger partial charge in [-0.3, -0.25) is 9.59 Å². The van der Waals surface area contributed by atoms with Crippen molar-refractivity contribution in [1.82, 2.24) is 4.90 Å². The van der Waals surface area contributed by atoms with Gasteiger partial charge in [-0.1, -0.05) is 25.1 Å². The highest BCUT2D eigenvalue weighted by molar-refractivity contribution is 5.99. The van der Waals surface area contributed by atoms with Gasteiger partial charge in [0.25, 0.3) is 5.91 Å². The topological polar surface area (TPSA) is 76.1 Å². The first-order valence-corrected chi connectivity index (χ1v) is 8.55. The van der Waals surface area contributed by atoms with E-state index in [-0.39, 0.29) is 19.1 Å². The minimum absolute atomic E-state index is 0.166. The summed E-state index contributed by atoms with van der Waals surface area (Å²) in [5.74, 6) is -0.977. The van der Waals surface area contributed by atoms with Gasteiger partial charge in [0.15, 0.2) is 0 Å². The van der Waals surface area contributed by atoms with E-state index in [0.717, 1.165) is 11.3 Å². The largest absolute Gasteiger partial charge is 0.488 e. The third-order valence-electron chi connectivity index (χ3n) is 4.03. The fourth-order valence-corrected chi connectivity index (χ4v) is 2.63. The van der Waals surface area contributed by atoms with Crippen LogP contribution in [0, 0.1) is 5.92 Å². The molecule has 1 aliphatic heterocycles. The average Bonchev–Trinajstić information content (AvgIpc) is 2.63. The highest BCUT2D eigenvalue weighted by Gasteiger charge is 2.25. The van der Waals surface area contributed by atoms with Gasteiger partial charge < -0.3 is 19.5 Å². The van der Waals surface area contributed by atoms with Crippen molar-refractivity contribution < 1.29 is 24.2 Å². The van der Waals surface area contributed by atoms with Crippen LogP contribution in [0.15, 0.2) is 29.8 Å². The predicted octanol–water partition coefficient (Wildman–Crippen LogP) is 2.44. The highest BCUT2D eigenvalue weighted by Crippen LogP contribution is 2.26. The second kappa shape index (κ2) is 9.22. The third-order valence-corrected chi connectivity index (χ3v) is 4.03. The third kappa shape index (κ3) is 5.32. The van der Waals surface area contributed by atoms with Crippen LogP contribution in [-0.4, -0.2) is 54.8 Å². The van der Waals surface area contributed by atoms with Crippen LogP contribution in [0.5, 0.6) is 5.75 Å². The smallest absolute Gasteiger partial charge is 0.308 e. The molecule has 136 valence electrons. The van der Waals surface area contributed by atoms with E-state index in [1.807, 2.05) is 37.3 Å². The maximum Gasteiger partial charge on any atom is 0.308 e. The minimum Gasteiger partial charge on any atom is -0.488 e. The summed E-state index contributed by atoms with van der Waals surface area (Å²) in [6, 6.07) is 7.52. The number of rotatable bonds is 9. The number of aliphatic carboxylic acids is 1. The molecule has 6 nitrogen and oxygen atoms in total. The first-order valence-electron chi connectivity index (χ1n) is 8.55. The molecule has 1 aromatic rings. The molecule has 2 rings (SSSR count). The molecule has 0 radical (unpaired) electrons. The summed E-state index contributed by atoms with van der Waals surface area (Å²) in [5, 5.41) is 9.16. The summed E-state index contributed by atoms with van der Waals surface area (Å²) in [5.41, 5.74) is 1.39. The molecular weight excluding hydrogens is 322 g/mol. The molecule has 1 unspecified atom stereocenters. The molecule has 0 fully saturated rings. The van der Waals surface area contributed by atoms with Crippen LogP contribution in [0.3, 0.4) is 0 Å². The maximum absolute atomic E-state index is 12.9. The lowest BCUT2D eigenvalue weighted by Crippen LogP contribution is -2.40. The van der Waals surface area contributed by atoms with Crippen LogP contribution in [0.4, 0.5) is 0 Å². The molecule has 0 bridgehead atoms. The van der Waals surface area contributed by atoms with Gasteiger partial charge in [0.1, 0.15) is 12.4 Å². The van der Waals surface area contributed by atoms with Crippen molar-refractivity contribution in [1.29, 1.82) is 0 Å². The Hall–Kier alpha value is -2.34. The van der Waals surface area contributed by atoms with E-state index in [2.05, 4.69) is 0 Å². The van der Waals surface area contributed by atoms with Gasteiger partial charge in [0.05, 0.1) is 11.5 Å². The summed E-state index contributed by atoms with van der Waals surface area (Å²) in [4.78, 5) is 25.6. The summed E-state index contributed by atoms with van der Waals surface area (Å²) in [6.45, 7) is 5.49. The molecule has 1 aromatic carbocycles. The van der Waals surface area contributed by atoms with Gasteiger partial charge in [-0.15, -0.1) is 0 Å². The number of nitrogens with zero attached hydrogens (tertiary/aromatic N) is 1. The van der Waals surface area contributed by atoms with E-state index in [1.165, 1.54) is 0 Å². The van der Waals surface area contributed by atoms with E-state index < -0.39 is 11.9 Å². The SMILES string of the molecule is CCOCCCN(CC(C)C(=O)O)C(=O)C1=Cc2ccccc2OC1. The normalized spacial score (nSPS) is 14.1. The number of carboxylic acids is 1. The number of carbonyl (C=O) groups excluding carboxylic acids is 1. The Morgan fingerprint density at radius 2 is 2.12 bits per heavy atom. The van der Waals surface area contributed by atoms with Crippen molar-refractivity contribution in [3.63, 3.8) is 0 Å². The number of ether oxygens (including phenoxy) is 2. The summed E-state index contributed by atoms with van der Waals surface area (Å²) in [7, 11) is 0. The molecule has 0 aromatic heterocycles. The van der Waals surface area contributed by atoms with Crippen molar-refractivity contribution in [2.75, 3.05) is 32.9 Å². The van der Waals surface area contributed by atoms with Gasteiger partial charge in [-0.2, -0.15) is 0 Å². The van der Waals surface area contributed by atoms with Crippen molar-refractivity contribution >= 4 is 18.0 Å². The zero-order chi connectivity index (χ0) is 18.2. The van der Waals surface area contributed by atoms with Crippen LogP contribution in [0.1, 0.15) is 25.8 Å². The quantitative estimate of drug-likeness (QED) is 0.695.